The van der Waals surface area contributed by atoms with Gasteiger partial charge in [0.15, 0.2) is 0 Å². The van der Waals surface area contributed by atoms with Crippen LogP contribution in [0.4, 0.5) is 23.1 Å². The molecule has 0 aliphatic carbocycles. The van der Waals surface area contributed by atoms with Gasteiger partial charge < -0.3 is 19.7 Å². The topological polar surface area (TPSA) is 106 Å². The zero-order chi connectivity index (χ0) is 22.6. The van der Waals surface area contributed by atoms with Crippen molar-refractivity contribution < 1.29 is 17.9 Å². The van der Waals surface area contributed by atoms with Gasteiger partial charge in [-0.05, 0) is 43.3 Å². The average Bonchev–Trinajstić information content (AvgIpc) is 2.74. The third-order valence-corrected chi connectivity index (χ3v) is 5.75. The van der Waals surface area contributed by atoms with Crippen LogP contribution >= 0.6 is 0 Å². The standard InChI is InChI=1S/C21H25N5O4S/c1-14-12-20(26(2)3)24-21(22-14)23-15-6-8-16(9-7-15)25-31(27,28)19-13-17(29-4)10-11-18(19)30-5/h6-13,25H,1-5H3,(H,22,23,24). The molecule has 164 valence electrons. The van der Waals surface area contributed by atoms with E-state index in [0.29, 0.717) is 17.4 Å². The molecule has 0 saturated carbocycles. The molecule has 0 aliphatic heterocycles. The Bertz CT molecular complexity index is 1160. The molecule has 3 aromatic rings. The van der Waals surface area contributed by atoms with Gasteiger partial charge in [0, 0.05) is 43.3 Å². The van der Waals surface area contributed by atoms with Gasteiger partial charge >= 0.3 is 0 Å². The minimum absolute atomic E-state index is 0.0130. The van der Waals surface area contributed by atoms with Crippen LogP contribution in [-0.4, -0.2) is 46.7 Å². The number of hydrogen-bond donors (Lipinski definition) is 2. The predicted molar refractivity (Wildman–Crippen MR) is 121 cm³/mol. The second kappa shape index (κ2) is 9.09. The first-order chi connectivity index (χ1) is 14.7. The van der Waals surface area contributed by atoms with Crippen molar-refractivity contribution in [2.75, 3.05) is 43.3 Å². The van der Waals surface area contributed by atoms with Gasteiger partial charge in [-0.15, -0.1) is 0 Å². The fourth-order valence-corrected chi connectivity index (χ4v) is 4.04. The van der Waals surface area contributed by atoms with E-state index >= 15 is 0 Å². The van der Waals surface area contributed by atoms with Crippen LogP contribution in [0.25, 0.3) is 0 Å². The number of nitrogens with zero attached hydrogens (tertiary/aromatic N) is 3. The summed E-state index contributed by atoms with van der Waals surface area (Å²) in [5.41, 5.74) is 1.95. The molecule has 3 rings (SSSR count). The molecule has 0 unspecified atom stereocenters. The van der Waals surface area contributed by atoms with Crippen LogP contribution in [-0.2, 0) is 10.0 Å². The Labute approximate surface area is 182 Å². The first-order valence-corrected chi connectivity index (χ1v) is 10.8. The number of benzene rings is 2. The van der Waals surface area contributed by atoms with E-state index in [-0.39, 0.29) is 10.6 Å². The van der Waals surface area contributed by atoms with Gasteiger partial charge in [-0.1, -0.05) is 0 Å². The Morgan fingerprint density at radius 2 is 1.58 bits per heavy atom. The highest BCUT2D eigenvalue weighted by molar-refractivity contribution is 7.92. The minimum Gasteiger partial charge on any atom is -0.497 e. The maximum atomic E-state index is 12.9. The number of aryl methyl sites for hydroxylation is 1. The van der Waals surface area contributed by atoms with Crippen LogP contribution in [0.15, 0.2) is 53.4 Å². The van der Waals surface area contributed by atoms with Crippen molar-refractivity contribution >= 4 is 33.2 Å². The van der Waals surface area contributed by atoms with Crippen molar-refractivity contribution in [1.29, 1.82) is 0 Å². The van der Waals surface area contributed by atoms with E-state index in [4.69, 9.17) is 9.47 Å². The van der Waals surface area contributed by atoms with Crippen molar-refractivity contribution in [2.45, 2.75) is 11.8 Å². The van der Waals surface area contributed by atoms with Gasteiger partial charge in [-0.3, -0.25) is 4.72 Å². The summed E-state index contributed by atoms with van der Waals surface area (Å²) in [5, 5.41) is 3.13. The van der Waals surface area contributed by atoms with E-state index in [1.165, 1.54) is 20.3 Å². The molecule has 0 aliphatic rings. The van der Waals surface area contributed by atoms with Crippen molar-refractivity contribution in [1.82, 2.24) is 9.97 Å². The Morgan fingerprint density at radius 1 is 0.903 bits per heavy atom. The fraction of sp³-hybridized carbons (Fsp3) is 0.238. The van der Waals surface area contributed by atoms with Gasteiger partial charge in [0.05, 0.1) is 14.2 Å². The lowest BCUT2D eigenvalue weighted by atomic mass is 10.3. The summed E-state index contributed by atoms with van der Waals surface area (Å²) in [7, 11) is 2.81. The maximum Gasteiger partial charge on any atom is 0.265 e. The normalized spacial score (nSPS) is 11.0. The highest BCUT2D eigenvalue weighted by Crippen LogP contribution is 2.30. The molecule has 0 saturated heterocycles. The summed E-state index contributed by atoms with van der Waals surface area (Å²) < 4.78 is 38.6. The monoisotopic (exact) mass is 443 g/mol. The molecule has 10 heteroatoms. The second-order valence-corrected chi connectivity index (χ2v) is 8.56. The molecule has 1 aromatic heterocycles. The van der Waals surface area contributed by atoms with E-state index < -0.39 is 10.0 Å². The molecule has 9 nitrogen and oxygen atoms in total. The van der Waals surface area contributed by atoms with E-state index in [0.717, 1.165) is 17.2 Å². The number of hydrogen-bond acceptors (Lipinski definition) is 8. The van der Waals surface area contributed by atoms with E-state index in [1.54, 1.807) is 36.4 Å². The Hall–Kier alpha value is -3.53. The largest absolute Gasteiger partial charge is 0.497 e. The fourth-order valence-electron chi connectivity index (χ4n) is 2.79. The zero-order valence-electron chi connectivity index (χ0n) is 18.0. The van der Waals surface area contributed by atoms with Crippen LogP contribution < -0.4 is 24.4 Å². The first kappa shape index (κ1) is 22.2. The first-order valence-electron chi connectivity index (χ1n) is 9.37. The molecule has 0 radical (unpaired) electrons. The van der Waals surface area contributed by atoms with Crippen LogP contribution in [0.2, 0.25) is 0 Å². The number of rotatable bonds is 8. The van der Waals surface area contributed by atoms with Gasteiger partial charge in [-0.25, -0.2) is 13.4 Å². The van der Waals surface area contributed by atoms with Gasteiger partial charge in [0.1, 0.15) is 22.2 Å². The number of aromatic nitrogens is 2. The lowest BCUT2D eigenvalue weighted by Gasteiger charge is -2.14. The summed E-state index contributed by atoms with van der Waals surface area (Å²) >= 11 is 0. The number of methoxy groups -OCH3 is 2. The summed E-state index contributed by atoms with van der Waals surface area (Å²) in [6, 6.07) is 13.2. The highest BCUT2D eigenvalue weighted by Gasteiger charge is 2.21. The van der Waals surface area contributed by atoms with Gasteiger partial charge in [0.25, 0.3) is 10.0 Å². The number of ether oxygens (including phenoxy) is 2. The zero-order valence-corrected chi connectivity index (χ0v) is 18.8. The smallest absolute Gasteiger partial charge is 0.265 e. The van der Waals surface area contributed by atoms with E-state index in [9.17, 15) is 8.42 Å². The van der Waals surface area contributed by atoms with Crippen LogP contribution in [0.1, 0.15) is 5.69 Å². The van der Waals surface area contributed by atoms with Crippen LogP contribution in [0, 0.1) is 6.92 Å². The van der Waals surface area contributed by atoms with Crippen molar-refractivity contribution in [3.63, 3.8) is 0 Å². The van der Waals surface area contributed by atoms with Crippen LogP contribution in [0.5, 0.6) is 11.5 Å². The van der Waals surface area contributed by atoms with E-state index in [2.05, 4.69) is 20.0 Å². The number of sulfonamides is 1. The molecule has 1 heterocycles. The molecular formula is C21H25N5O4S. The van der Waals surface area contributed by atoms with Crippen LogP contribution in [0.3, 0.4) is 0 Å². The molecule has 31 heavy (non-hydrogen) atoms. The van der Waals surface area contributed by atoms with Gasteiger partial charge in [-0.2, -0.15) is 4.98 Å². The lowest BCUT2D eigenvalue weighted by molar-refractivity contribution is 0.392. The third kappa shape index (κ3) is 5.34. The lowest BCUT2D eigenvalue weighted by Crippen LogP contribution is -2.14. The number of anilines is 4. The molecule has 0 bridgehead atoms. The molecule has 0 amide bonds. The average molecular weight is 444 g/mol. The summed E-state index contributed by atoms with van der Waals surface area (Å²) in [6.07, 6.45) is 0. The molecule has 2 aromatic carbocycles. The Balaban J connectivity index is 1.80. The summed E-state index contributed by atoms with van der Waals surface area (Å²) in [6.45, 7) is 1.89. The van der Waals surface area contributed by atoms with Crippen molar-refractivity contribution in [3.05, 3.63) is 54.2 Å². The minimum atomic E-state index is -3.89. The predicted octanol–water partition coefficient (Wildman–Crippen LogP) is 3.41. The number of nitrogens with one attached hydrogen (secondary N) is 2. The SMILES string of the molecule is COc1ccc(OC)c(S(=O)(=O)Nc2ccc(Nc3nc(C)cc(N(C)C)n3)cc2)c1. The third-order valence-electron chi connectivity index (χ3n) is 4.35. The molecule has 2 N–H and O–H groups in total. The van der Waals surface area contributed by atoms with E-state index in [1.807, 2.05) is 32.0 Å². The van der Waals surface area contributed by atoms with Gasteiger partial charge in [0.2, 0.25) is 5.95 Å². The molecule has 0 fully saturated rings. The highest BCUT2D eigenvalue weighted by atomic mass is 32.2. The quantitative estimate of drug-likeness (QED) is 0.546. The Morgan fingerprint density at radius 3 is 2.19 bits per heavy atom. The molecule has 0 atom stereocenters. The molecular weight excluding hydrogens is 418 g/mol. The second-order valence-electron chi connectivity index (χ2n) is 6.91. The molecule has 0 spiro atoms. The van der Waals surface area contributed by atoms with Crippen molar-refractivity contribution in [3.8, 4) is 11.5 Å². The summed E-state index contributed by atoms with van der Waals surface area (Å²) in [5.74, 6) is 1.88. The summed E-state index contributed by atoms with van der Waals surface area (Å²) in [4.78, 5) is 10.7. The van der Waals surface area contributed by atoms with Crippen molar-refractivity contribution in [2.24, 2.45) is 0 Å². The maximum absolute atomic E-state index is 12.9. The Kier molecular flexibility index (Phi) is 6.50.